The van der Waals surface area contributed by atoms with Crippen molar-refractivity contribution in [2.24, 2.45) is 11.8 Å². The van der Waals surface area contributed by atoms with E-state index < -0.39 is 15.3 Å². The Bertz CT molecular complexity index is 1010. The number of anilines is 2. The highest BCUT2D eigenvalue weighted by molar-refractivity contribution is 7.89. The SMILES string of the molecule is CC1CC2CNNC2C(S(=O)(=O)N(C)CC(=O)Nc2ccc(N3CCCCC3)c(C3CC3)c2)C1. The van der Waals surface area contributed by atoms with Gasteiger partial charge < -0.3 is 10.2 Å². The van der Waals surface area contributed by atoms with Crippen molar-refractivity contribution in [1.82, 2.24) is 15.2 Å². The zero-order valence-electron chi connectivity index (χ0n) is 20.4. The van der Waals surface area contributed by atoms with Gasteiger partial charge in [0, 0.05) is 44.1 Å². The third-order valence-electron chi connectivity index (χ3n) is 8.09. The van der Waals surface area contributed by atoms with Gasteiger partial charge in [0.25, 0.3) is 0 Å². The van der Waals surface area contributed by atoms with Crippen LogP contribution in [0.5, 0.6) is 0 Å². The number of amides is 1. The summed E-state index contributed by atoms with van der Waals surface area (Å²) in [4.78, 5) is 15.4. The molecule has 1 aromatic rings. The molecule has 2 heterocycles. The highest BCUT2D eigenvalue weighted by atomic mass is 32.2. The molecule has 9 heteroatoms. The number of rotatable bonds is 7. The second-order valence-corrected chi connectivity index (χ2v) is 13.1. The van der Waals surface area contributed by atoms with Crippen molar-refractivity contribution in [1.29, 1.82) is 0 Å². The molecule has 34 heavy (non-hydrogen) atoms. The summed E-state index contributed by atoms with van der Waals surface area (Å²) in [6.07, 6.45) is 7.80. The third-order valence-corrected chi connectivity index (χ3v) is 10.3. The van der Waals surface area contributed by atoms with Crippen LogP contribution in [-0.4, -0.2) is 63.1 Å². The minimum atomic E-state index is -3.61. The van der Waals surface area contributed by atoms with E-state index in [9.17, 15) is 13.2 Å². The second kappa shape index (κ2) is 9.76. The number of carbonyl (C=O) groups excluding carboxylic acids is 1. The van der Waals surface area contributed by atoms with Crippen molar-refractivity contribution in [3.05, 3.63) is 23.8 Å². The Hall–Kier alpha value is -1.68. The van der Waals surface area contributed by atoms with E-state index in [1.54, 1.807) is 0 Å². The molecule has 4 fully saturated rings. The number of hydrogen-bond donors (Lipinski definition) is 3. The maximum absolute atomic E-state index is 13.4. The monoisotopic (exact) mass is 489 g/mol. The third kappa shape index (κ3) is 4.98. The fourth-order valence-corrected chi connectivity index (χ4v) is 8.13. The Balaban J connectivity index is 1.25. The first kappa shape index (κ1) is 24.0. The van der Waals surface area contributed by atoms with E-state index >= 15 is 0 Å². The quantitative estimate of drug-likeness (QED) is 0.545. The average molecular weight is 490 g/mol. The number of piperidine rings is 1. The van der Waals surface area contributed by atoms with Gasteiger partial charge in [-0.2, -0.15) is 4.31 Å². The smallest absolute Gasteiger partial charge is 0.239 e. The van der Waals surface area contributed by atoms with E-state index in [1.165, 1.54) is 54.7 Å². The number of nitrogens with zero attached hydrogens (tertiary/aromatic N) is 2. The summed E-state index contributed by atoms with van der Waals surface area (Å²) in [6.45, 7) is 4.93. The van der Waals surface area contributed by atoms with Crippen LogP contribution in [-0.2, 0) is 14.8 Å². The van der Waals surface area contributed by atoms with Crippen LogP contribution in [0.1, 0.15) is 63.4 Å². The first-order chi connectivity index (χ1) is 16.3. The molecule has 1 amide bonds. The molecular weight excluding hydrogens is 450 g/mol. The van der Waals surface area contributed by atoms with Crippen molar-refractivity contribution >= 4 is 27.3 Å². The first-order valence-electron chi connectivity index (χ1n) is 12.9. The van der Waals surface area contributed by atoms with Crippen LogP contribution in [0.3, 0.4) is 0 Å². The Kier molecular flexibility index (Phi) is 6.90. The van der Waals surface area contributed by atoms with Crippen LogP contribution in [0.15, 0.2) is 18.2 Å². The van der Waals surface area contributed by atoms with Gasteiger partial charge >= 0.3 is 0 Å². The predicted octanol–water partition coefficient (Wildman–Crippen LogP) is 2.65. The first-order valence-corrected chi connectivity index (χ1v) is 14.5. The Labute approximate surface area is 203 Å². The molecule has 2 aliphatic carbocycles. The molecule has 0 bridgehead atoms. The normalized spacial score (nSPS) is 29.8. The summed E-state index contributed by atoms with van der Waals surface area (Å²) in [6, 6.07) is 6.10. The largest absolute Gasteiger partial charge is 0.371 e. The number of likely N-dealkylation sites (N-methyl/N-ethyl adjacent to an activating group) is 1. The van der Waals surface area contributed by atoms with E-state index in [1.807, 2.05) is 6.07 Å². The lowest BCUT2D eigenvalue weighted by Crippen LogP contribution is -2.53. The van der Waals surface area contributed by atoms with E-state index in [-0.39, 0.29) is 18.5 Å². The van der Waals surface area contributed by atoms with Gasteiger partial charge in [0.1, 0.15) is 0 Å². The number of sulfonamides is 1. The van der Waals surface area contributed by atoms with Crippen molar-refractivity contribution in [2.75, 3.05) is 43.4 Å². The maximum atomic E-state index is 13.4. The molecule has 0 spiro atoms. The summed E-state index contributed by atoms with van der Waals surface area (Å²) in [5.74, 6) is 0.941. The van der Waals surface area contributed by atoms with Crippen molar-refractivity contribution < 1.29 is 13.2 Å². The molecule has 0 aromatic heterocycles. The van der Waals surface area contributed by atoms with Gasteiger partial charge in [-0.25, -0.2) is 8.42 Å². The molecule has 2 aliphatic heterocycles. The van der Waals surface area contributed by atoms with Crippen molar-refractivity contribution in [3.63, 3.8) is 0 Å². The van der Waals surface area contributed by atoms with Gasteiger partial charge in [-0.3, -0.25) is 15.6 Å². The summed E-state index contributed by atoms with van der Waals surface area (Å²) in [7, 11) is -2.08. The molecule has 3 N–H and O–H groups in total. The highest BCUT2D eigenvalue weighted by Gasteiger charge is 2.47. The lowest BCUT2D eigenvalue weighted by Gasteiger charge is -2.37. The van der Waals surface area contributed by atoms with E-state index in [2.05, 4.69) is 40.1 Å². The predicted molar refractivity (Wildman–Crippen MR) is 135 cm³/mol. The van der Waals surface area contributed by atoms with Gasteiger partial charge in [0.05, 0.1) is 11.8 Å². The number of carbonyl (C=O) groups is 1. The summed E-state index contributed by atoms with van der Waals surface area (Å²) >= 11 is 0. The van der Waals surface area contributed by atoms with Gasteiger partial charge in [0.15, 0.2) is 0 Å². The lowest BCUT2D eigenvalue weighted by molar-refractivity contribution is -0.116. The minimum Gasteiger partial charge on any atom is -0.371 e. The fraction of sp³-hybridized carbons (Fsp3) is 0.720. The van der Waals surface area contributed by atoms with Crippen LogP contribution < -0.4 is 21.1 Å². The Morgan fingerprint density at radius 1 is 1.18 bits per heavy atom. The molecule has 1 aromatic carbocycles. The molecule has 4 atom stereocenters. The molecule has 0 radical (unpaired) electrons. The van der Waals surface area contributed by atoms with Crippen LogP contribution in [0.25, 0.3) is 0 Å². The van der Waals surface area contributed by atoms with Crippen LogP contribution in [0.4, 0.5) is 11.4 Å². The van der Waals surface area contributed by atoms with Crippen LogP contribution >= 0.6 is 0 Å². The maximum Gasteiger partial charge on any atom is 0.239 e. The number of hydrogen-bond acceptors (Lipinski definition) is 6. The number of nitrogens with one attached hydrogen (secondary N) is 3. The summed E-state index contributed by atoms with van der Waals surface area (Å²) in [5.41, 5.74) is 9.69. The van der Waals surface area contributed by atoms with E-state index in [0.717, 1.165) is 31.7 Å². The van der Waals surface area contributed by atoms with Gasteiger partial charge in [0.2, 0.25) is 15.9 Å². The molecule has 8 nitrogen and oxygen atoms in total. The Morgan fingerprint density at radius 2 is 1.94 bits per heavy atom. The van der Waals surface area contributed by atoms with Gasteiger partial charge in [-0.1, -0.05) is 6.92 Å². The van der Waals surface area contributed by atoms with Crippen molar-refractivity contribution in [3.8, 4) is 0 Å². The fourth-order valence-electron chi connectivity index (χ4n) is 6.14. The van der Waals surface area contributed by atoms with Gasteiger partial charge in [-0.15, -0.1) is 0 Å². The van der Waals surface area contributed by atoms with Crippen LogP contribution in [0.2, 0.25) is 0 Å². The molecule has 2 saturated heterocycles. The molecule has 4 aliphatic rings. The van der Waals surface area contributed by atoms with Crippen molar-refractivity contribution in [2.45, 2.75) is 69.1 Å². The summed E-state index contributed by atoms with van der Waals surface area (Å²) < 4.78 is 28.1. The highest BCUT2D eigenvalue weighted by Crippen LogP contribution is 2.45. The molecule has 2 saturated carbocycles. The zero-order valence-corrected chi connectivity index (χ0v) is 21.2. The number of fused-ring (bicyclic) bond motifs is 1. The minimum absolute atomic E-state index is 0.102. The number of benzene rings is 1. The van der Waals surface area contributed by atoms with Gasteiger partial charge in [-0.05, 0) is 86.5 Å². The summed E-state index contributed by atoms with van der Waals surface area (Å²) in [5, 5.41) is 2.45. The molecular formula is C25H39N5O3S. The van der Waals surface area contributed by atoms with E-state index in [4.69, 9.17) is 0 Å². The lowest BCUT2D eigenvalue weighted by atomic mass is 9.79. The topological polar surface area (TPSA) is 93.8 Å². The zero-order chi connectivity index (χ0) is 23.9. The standard InChI is InChI=1S/C25H39N5O3S/c1-17-12-19-15-26-28-25(19)23(13-17)34(32,33)29(2)16-24(31)27-20-8-9-22(21(14-20)18-6-7-18)30-10-4-3-5-11-30/h8-9,14,17-19,23,25-26,28H,3-7,10-13,15-16H2,1-2H3,(H,27,31). The Morgan fingerprint density at radius 3 is 2.68 bits per heavy atom. The van der Waals surface area contributed by atoms with E-state index in [0.29, 0.717) is 24.2 Å². The molecule has 188 valence electrons. The molecule has 5 rings (SSSR count). The van der Waals surface area contributed by atoms with Crippen LogP contribution in [0, 0.1) is 11.8 Å². The molecule has 4 unspecified atom stereocenters. The number of hydrazine groups is 1. The average Bonchev–Trinajstić information content (AvgIpc) is 3.56. The second-order valence-electron chi connectivity index (χ2n) is 10.9.